The highest BCUT2D eigenvalue weighted by Gasteiger charge is 2.43. The number of aromatic nitrogens is 1. The zero-order valence-electron chi connectivity index (χ0n) is 21.2. The van der Waals surface area contributed by atoms with E-state index >= 15 is 0 Å². The summed E-state index contributed by atoms with van der Waals surface area (Å²) >= 11 is 0. The summed E-state index contributed by atoms with van der Waals surface area (Å²) in [7, 11) is 0. The first-order valence-electron chi connectivity index (χ1n) is 12.8. The number of phenols is 1. The van der Waals surface area contributed by atoms with Crippen molar-refractivity contribution < 1.29 is 15.3 Å². The molecule has 0 radical (unpaired) electrons. The Morgan fingerprint density at radius 1 is 1.22 bits per heavy atom. The van der Waals surface area contributed by atoms with E-state index < -0.39 is 5.56 Å². The number of allylic oxidation sites excluding steroid dienone is 4. The van der Waals surface area contributed by atoms with Crippen molar-refractivity contribution in [2.45, 2.75) is 40.0 Å². The third-order valence-electron chi connectivity index (χ3n) is 7.75. The molecular weight excluding hydrogens is 454 g/mol. The number of phenolic OH excluding ortho intramolecular Hbond substituents is 1. The molecule has 2 aromatic rings. The fraction of sp³-hybridized carbons (Fsp3) is 0.448. The smallest absolute Gasteiger partial charge is 0.260 e. The van der Waals surface area contributed by atoms with E-state index in [1.165, 1.54) is 30.3 Å². The Morgan fingerprint density at radius 2 is 1.97 bits per heavy atom. The highest BCUT2D eigenvalue weighted by atomic mass is 16.3. The van der Waals surface area contributed by atoms with Crippen molar-refractivity contribution >= 4 is 5.71 Å². The Bertz CT molecular complexity index is 1210. The number of hydrogen-bond donors (Lipinski definition) is 5. The summed E-state index contributed by atoms with van der Waals surface area (Å²) in [5, 5.41) is 35.1. The molecule has 0 amide bonds. The van der Waals surface area contributed by atoms with Crippen LogP contribution < -0.4 is 11.0 Å². The van der Waals surface area contributed by atoms with Gasteiger partial charge in [0.15, 0.2) is 0 Å². The monoisotopic (exact) mass is 491 g/mol. The van der Waals surface area contributed by atoms with Gasteiger partial charge in [0, 0.05) is 17.7 Å². The van der Waals surface area contributed by atoms with Crippen molar-refractivity contribution in [2.24, 2.45) is 34.7 Å². The van der Waals surface area contributed by atoms with Gasteiger partial charge >= 0.3 is 0 Å². The van der Waals surface area contributed by atoms with Gasteiger partial charge in [-0.3, -0.25) is 4.79 Å². The van der Waals surface area contributed by atoms with Crippen LogP contribution in [0.5, 0.6) is 11.5 Å². The maximum atomic E-state index is 13.2. The number of aliphatic hydroxyl groups excluding tert-OH is 1. The molecule has 1 fully saturated rings. The van der Waals surface area contributed by atoms with Gasteiger partial charge in [0.1, 0.15) is 17.1 Å². The van der Waals surface area contributed by atoms with Gasteiger partial charge in [0.2, 0.25) is 0 Å². The molecule has 36 heavy (non-hydrogen) atoms. The van der Waals surface area contributed by atoms with E-state index in [1.807, 2.05) is 6.92 Å². The van der Waals surface area contributed by atoms with Crippen LogP contribution in [0.15, 0.2) is 64.2 Å². The summed E-state index contributed by atoms with van der Waals surface area (Å²) in [6, 6.07) is 6.46. The molecule has 7 heteroatoms. The SMILES string of the molecule is C/C=C/[C@@H]1[C@H]2C[C@@H](C)CC[C@@H]2C(C)=C[C@H]1/C(=N\NCCO)c1c(O)c(-c2ccc(O)cc2)c[nH]c1=O. The summed E-state index contributed by atoms with van der Waals surface area (Å²) in [6.45, 7) is 6.61. The summed E-state index contributed by atoms with van der Waals surface area (Å²) in [5.74, 6) is 1.42. The van der Waals surface area contributed by atoms with E-state index in [2.05, 4.69) is 47.6 Å². The highest BCUT2D eigenvalue weighted by molar-refractivity contribution is 6.06. The molecule has 2 aliphatic carbocycles. The first-order chi connectivity index (χ1) is 17.3. The quantitative estimate of drug-likeness (QED) is 0.168. The maximum absolute atomic E-state index is 13.2. The van der Waals surface area contributed by atoms with Gasteiger partial charge in [0.05, 0.1) is 18.9 Å². The van der Waals surface area contributed by atoms with Crippen molar-refractivity contribution in [2.75, 3.05) is 13.2 Å². The fourth-order valence-electron chi connectivity index (χ4n) is 6.05. The average molecular weight is 492 g/mol. The Balaban J connectivity index is 1.88. The number of nitrogens with zero attached hydrogens (tertiary/aromatic N) is 1. The first-order valence-corrected chi connectivity index (χ1v) is 12.8. The molecule has 192 valence electrons. The molecule has 7 nitrogen and oxygen atoms in total. The summed E-state index contributed by atoms with van der Waals surface area (Å²) in [4.78, 5) is 16.0. The minimum Gasteiger partial charge on any atom is -0.508 e. The number of aromatic hydroxyl groups is 2. The number of nitrogens with one attached hydrogen (secondary N) is 2. The van der Waals surface area contributed by atoms with E-state index in [9.17, 15) is 20.1 Å². The van der Waals surface area contributed by atoms with Crippen LogP contribution in [0.25, 0.3) is 11.1 Å². The number of hydrogen-bond acceptors (Lipinski definition) is 6. The van der Waals surface area contributed by atoms with Crippen molar-refractivity contribution in [3.8, 4) is 22.6 Å². The molecule has 0 unspecified atom stereocenters. The van der Waals surface area contributed by atoms with E-state index in [1.54, 1.807) is 12.1 Å². The molecule has 4 rings (SSSR count). The van der Waals surface area contributed by atoms with Crippen LogP contribution in [0.4, 0.5) is 0 Å². The number of pyridine rings is 1. The van der Waals surface area contributed by atoms with Gasteiger partial charge < -0.3 is 25.7 Å². The van der Waals surface area contributed by atoms with Crippen LogP contribution in [0, 0.1) is 29.6 Å². The molecule has 5 atom stereocenters. The summed E-state index contributed by atoms with van der Waals surface area (Å²) in [6.07, 6.45) is 11.5. The predicted molar refractivity (Wildman–Crippen MR) is 143 cm³/mol. The number of rotatable bonds is 7. The second-order valence-corrected chi connectivity index (χ2v) is 10.2. The molecule has 5 N–H and O–H groups in total. The van der Waals surface area contributed by atoms with E-state index in [-0.39, 0.29) is 42.0 Å². The molecular formula is C29H37N3O4. The van der Waals surface area contributed by atoms with Crippen LogP contribution in [0.2, 0.25) is 0 Å². The average Bonchev–Trinajstić information content (AvgIpc) is 2.85. The van der Waals surface area contributed by atoms with Gasteiger partial charge in [-0.1, -0.05) is 49.3 Å². The highest BCUT2D eigenvalue weighted by Crippen LogP contribution is 2.49. The number of H-pyrrole nitrogens is 1. The molecule has 0 spiro atoms. The van der Waals surface area contributed by atoms with E-state index in [0.717, 1.165) is 12.8 Å². The molecule has 1 aromatic carbocycles. The van der Waals surface area contributed by atoms with Gasteiger partial charge in [-0.25, -0.2) is 0 Å². The molecule has 0 aliphatic heterocycles. The normalized spacial score (nSPS) is 26.5. The Hall–Kier alpha value is -3.32. The largest absolute Gasteiger partial charge is 0.508 e. The lowest BCUT2D eigenvalue weighted by atomic mass is 9.59. The molecule has 1 heterocycles. The number of benzene rings is 1. The van der Waals surface area contributed by atoms with Gasteiger partial charge in [-0.2, -0.15) is 5.10 Å². The molecule has 1 aromatic heterocycles. The molecule has 0 bridgehead atoms. The lowest BCUT2D eigenvalue weighted by Gasteiger charge is -2.45. The Kier molecular flexibility index (Phi) is 7.99. The summed E-state index contributed by atoms with van der Waals surface area (Å²) < 4.78 is 0. The summed E-state index contributed by atoms with van der Waals surface area (Å²) in [5.41, 5.74) is 5.46. The van der Waals surface area contributed by atoms with Crippen molar-refractivity contribution in [1.29, 1.82) is 0 Å². The van der Waals surface area contributed by atoms with Crippen LogP contribution in [-0.2, 0) is 0 Å². The fourth-order valence-corrected chi connectivity index (χ4v) is 6.05. The predicted octanol–water partition coefficient (Wildman–Crippen LogP) is 4.56. The standard InChI is InChI=1S/C29H37N3O4/c1-4-5-22-23-14-17(2)6-11-21(23)18(3)15-24(22)27(32-31-12-13-33)26-28(35)25(16-30-29(26)36)19-7-9-20(34)10-8-19/h4-5,7-10,15-17,21-24,31,33-34H,6,11-14H2,1-3H3,(H2,30,35,36)/b5-4+,32-27+/t17-,21+,22+,23-,24+/m0/s1. The van der Waals surface area contributed by atoms with Crippen LogP contribution in [-0.4, -0.2) is 39.2 Å². The number of aliphatic hydroxyl groups is 1. The minimum absolute atomic E-state index is 0.104. The van der Waals surface area contributed by atoms with E-state index in [0.29, 0.717) is 34.6 Å². The zero-order chi connectivity index (χ0) is 25.8. The lowest BCUT2D eigenvalue weighted by Crippen LogP contribution is -2.41. The zero-order valence-corrected chi connectivity index (χ0v) is 21.2. The van der Waals surface area contributed by atoms with Crippen molar-refractivity contribution in [1.82, 2.24) is 10.4 Å². The third-order valence-corrected chi connectivity index (χ3v) is 7.75. The van der Waals surface area contributed by atoms with Gasteiger partial charge in [-0.15, -0.1) is 0 Å². The topological polar surface area (TPSA) is 118 Å². The van der Waals surface area contributed by atoms with Crippen LogP contribution >= 0.6 is 0 Å². The van der Waals surface area contributed by atoms with Crippen molar-refractivity contribution in [3.63, 3.8) is 0 Å². The minimum atomic E-state index is -0.427. The maximum Gasteiger partial charge on any atom is 0.260 e. The van der Waals surface area contributed by atoms with Crippen molar-refractivity contribution in [3.05, 3.63) is 70.2 Å². The Labute approximate surface area is 212 Å². The number of fused-ring (bicyclic) bond motifs is 1. The number of hydrazone groups is 1. The Morgan fingerprint density at radius 3 is 2.67 bits per heavy atom. The molecule has 0 saturated heterocycles. The van der Waals surface area contributed by atoms with Crippen LogP contribution in [0.1, 0.15) is 45.6 Å². The van der Waals surface area contributed by atoms with Gasteiger partial charge in [-0.05, 0) is 68.1 Å². The third kappa shape index (κ3) is 5.12. The molecule has 1 saturated carbocycles. The van der Waals surface area contributed by atoms with E-state index in [4.69, 9.17) is 0 Å². The van der Waals surface area contributed by atoms with Crippen LogP contribution in [0.3, 0.4) is 0 Å². The second kappa shape index (κ2) is 11.2. The first kappa shape index (κ1) is 25.8. The van der Waals surface area contributed by atoms with Gasteiger partial charge in [0.25, 0.3) is 5.56 Å². The molecule has 2 aliphatic rings. The lowest BCUT2D eigenvalue weighted by molar-refractivity contribution is 0.149. The second-order valence-electron chi connectivity index (χ2n) is 10.2. The number of aromatic amines is 1.